The van der Waals surface area contributed by atoms with Gasteiger partial charge in [-0.1, -0.05) is 6.92 Å². The Kier molecular flexibility index (Phi) is 7.04. The fourth-order valence-corrected chi connectivity index (χ4v) is 2.61. The van der Waals surface area contributed by atoms with E-state index in [2.05, 4.69) is 36.1 Å². The summed E-state index contributed by atoms with van der Waals surface area (Å²) in [4.78, 5) is 4.77. The van der Waals surface area contributed by atoms with Crippen molar-refractivity contribution in [3.63, 3.8) is 0 Å². The standard InChI is InChI=1S/C13H29N3O/c1-4-14-13(11-17)10-16(3)9-12-5-7-15(2)8-6-12/h12-14,17H,4-11H2,1-3H3. The predicted octanol–water partition coefficient (Wildman–Crippen LogP) is 0.230. The van der Waals surface area contributed by atoms with Crippen molar-refractivity contribution in [2.75, 3.05) is 53.4 Å². The maximum Gasteiger partial charge on any atom is 0.0597 e. The summed E-state index contributed by atoms with van der Waals surface area (Å²) in [5.41, 5.74) is 0. The Hall–Kier alpha value is -0.160. The van der Waals surface area contributed by atoms with Crippen LogP contribution in [0.15, 0.2) is 0 Å². The number of likely N-dealkylation sites (N-methyl/N-ethyl adjacent to an activating group) is 2. The lowest BCUT2D eigenvalue weighted by Gasteiger charge is -2.32. The van der Waals surface area contributed by atoms with E-state index in [4.69, 9.17) is 0 Å². The molecule has 2 N–H and O–H groups in total. The highest BCUT2D eigenvalue weighted by atomic mass is 16.3. The SMILES string of the molecule is CCNC(CO)CN(C)CC1CCN(C)CC1. The van der Waals surface area contributed by atoms with Crippen LogP contribution in [0.1, 0.15) is 19.8 Å². The van der Waals surface area contributed by atoms with Crippen LogP contribution in [0.2, 0.25) is 0 Å². The first-order chi connectivity index (χ1) is 8.15. The summed E-state index contributed by atoms with van der Waals surface area (Å²) in [5.74, 6) is 0.831. The van der Waals surface area contributed by atoms with E-state index in [-0.39, 0.29) is 12.6 Å². The molecule has 0 aromatic rings. The van der Waals surface area contributed by atoms with Gasteiger partial charge in [0.2, 0.25) is 0 Å². The molecular formula is C13H29N3O. The van der Waals surface area contributed by atoms with Gasteiger partial charge in [0, 0.05) is 19.1 Å². The third-order valence-corrected chi connectivity index (χ3v) is 3.65. The van der Waals surface area contributed by atoms with Crippen LogP contribution >= 0.6 is 0 Å². The first-order valence-corrected chi connectivity index (χ1v) is 6.87. The van der Waals surface area contributed by atoms with Gasteiger partial charge in [-0.3, -0.25) is 0 Å². The highest BCUT2D eigenvalue weighted by Gasteiger charge is 2.19. The number of aliphatic hydroxyl groups is 1. The molecule has 17 heavy (non-hydrogen) atoms. The smallest absolute Gasteiger partial charge is 0.0597 e. The van der Waals surface area contributed by atoms with Crippen molar-refractivity contribution in [1.29, 1.82) is 0 Å². The monoisotopic (exact) mass is 243 g/mol. The zero-order valence-electron chi connectivity index (χ0n) is 11.7. The van der Waals surface area contributed by atoms with E-state index in [1.807, 2.05) is 0 Å². The molecule has 1 unspecified atom stereocenters. The van der Waals surface area contributed by atoms with Gasteiger partial charge < -0.3 is 20.2 Å². The summed E-state index contributed by atoms with van der Waals surface area (Å²) >= 11 is 0. The number of likely N-dealkylation sites (tertiary alicyclic amines) is 1. The Bertz CT molecular complexity index is 193. The fraction of sp³-hybridized carbons (Fsp3) is 1.00. The van der Waals surface area contributed by atoms with Crippen molar-refractivity contribution >= 4 is 0 Å². The van der Waals surface area contributed by atoms with Gasteiger partial charge in [0.25, 0.3) is 0 Å². The molecule has 0 bridgehead atoms. The van der Waals surface area contributed by atoms with E-state index in [0.29, 0.717) is 0 Å². The largest absolute Gasteiger partial charge is 0.395 e. The Labute approximate surface area is 106 Å². The number of rotatable bonds is 7. The molecule has 0 aromatic carbocycles. The quantitative estimate of drug-likeness (QED) is 0.671. The molecule has 1 rings (SSSR count). The molecule has 1 fully saturated rings. The van der Waals surface area contributed by atoms with Crippen LogP contribution in [0, 0.1) is 5.92 Å². The third-order valence-electron chi connectivity index (χ3n) is 3.65. The first-order valence-electron chi connectivity index (χ1n) is 6.87. The minimum Gasteiger partial charge on any atom is -0.395 e. The third kappa shape index (κ3) is 5.82. The summed E-state index contributed by atoms with van der Waals surface area (Å²) < 4.78 is 0. The number of aliphatic hydroxyl groups excluding tert-OH is 1. The van der Waals surface area contributed by atoms with Crippen molar-refractivity contribution in [3.05, 3.63) is 0 Å². The second kappa shape index (κ2) is 8.03. The molecule has 0 aliphatic carbocycles. The molecule has 4 nitrogen and oxygen atoms in total. The number of nitrogens with one attached hydrogen (secondary N) is 1. The molecule has 102 valence electrons. The van der Waals surface area contributed by atoms with Crippen molar-refractivity contribution < 1.29 is 5.11 Å². The predicted molar refractivity (Wildman–Crippen MR) is 72.3 cm³/mol. The van der Waals surface area contributed by atoms with Gasteiger partial charge in [0.15, 0.2) is 0 Å². The maximum absolute atomic E-state index is 9.25. The lowest BCUT2D eigenvalue weighted by molar-refractivity contribution is 0.153. The summed E-state index contributed by atoms with van der Waals surface area (Å²) in [6, 6.07) is 0.219. The summed E-state index contributed by atoms with van der Waals surface area (Å²) in [7, 11) is 4.37. The molecule has 1 aliphatic rings. The van der Waals surface area contributed by atoms with Crippen LogP contribution in [0.5, 0.6) is 0 Å². The van der Waals surface area contributed by atoms with Gasteiger partial charge in [0.1, 0.15) is 0 Å². The molecule has 0 spiro atoms. The Balaban J connectivity index is 2.21. The minimum atomic E-state index is 0.219. The summed E-state index contributed by atoms with van der Waals surface area (Å²) in [5, 5.41) is 12.6. The average molecular weight is 243 g/mol. The number of piperidine rings is 1. The second-order valence-electron chi connectivity index (χ2n) is 5.41. The second-order valence-corrected chi connectivity index (χ2v) is 5.41. The average Bonchev–Trinajstić information content (AvgIpc) is 2.31. The van der Waals surface area contributed by atoms with E-state index < -0.39 is 0 Å². The molecular weight excluding hydrogens is 214 g/mol. The Morgan fingerprint density at radius 3 is 2.59 bits per heavy atom. The number of hydrogen-bond acceptors (Lipinski definition) is 4. The van der Waals surface area contributed by atoms with Crippen LogP contribution < -0.4 is 5.32 Å². The maximum atomic E-state index is 9.25. The Morgan fingerprint density at radius 2 is 2.06 bits per heavy atom. The molecule has 1 aliphatic heterocycles. The zero-order valence-corrected chi connectivity index (χ0v) is 11.7. The highest BCUT2D eigenvalue weighted by molar-refractivity contribution is 4.75. The summed E-state index contributed by atoms with van der Waals surface area (Å²) in [6.45, 7) is 7.80. The van der Waals surface area contributed by atoms with E-state index in [1.165, 1.54) is 25.9 Å². The topological polar surface area (TPSA) is 38.7 Å². The lowest BCUT2D eigenvalue weighted by Crippen LogP contribution is -2.44. The molecule has 0 saturated carbocycles. The number of nitrogens with zero attached hydrogens (tertiary/aromatic N) is 2. The van der Waals surface area contributed by atoms with Gasteiger partial charge in [-0.15, -0.1) is 0 Å². The Morgan fingerprint density at radius 1 is 1.41 bits per heavy atom. The zero-order chi connectivity index (χ0) is 12.7. The van der Waals surface area contributed by atoms with Crippen LogP contribution in [0.4, 0.5) is 0 Å². The first kappa shape index (κ1) is 14.9. The molecule has 1 heterocycles. The molecule has 1 atom stereocenters. The fourth-order valence-electron chi connectivity index (χ4n) is 2.61. The molecule has 0 aromatic heterocycles. The van der Waals surface area contributed by atoms with Gasteiger partial charge in [-0.2, -0.15) is 0 Å². The lowest BCUT2D eigenvalue weighted by atomic mass is 9.96. The van der Waals surface area contributed by atoms with Crippen molar-refractivity contribution in [2.24, 2.45) is 5.92 Å². The van der Waals surface area contributed by atoms with E-state index >= 15 is 0 Å². The van der Waals surface area contributed by atoms with Crippen LogP contribution in [-0.2, 0) is 0 Å². The molecule has 1 saturated heterocycles. The number of hydrogen-bond donors (Lipinski definition) is 2. The van der Waals surface area contributed by atoms with Crippen molar-refractivity contribution in [3.8, 4) is 0 Å². The van der Waals surface area contributed by atoms with E-state index in [9.17, 15) is 5.11 Å². The minimum absolute atomic E-state index is 0.219. The van der Waals surface area contributed by atoms with Crippen molar-refractivity contribution in [1.82, 2.24) is 15.1 Å². The molecule has 0 amide bonds. The van der Waals surface area contributed by atoms with Crippen LogP contribution in [0.3, 0.4) is 0 Å². The molecule has 4 heteroatoms. The van der Waals surface area contributed by atoms with Crippen LogP contribution in [0.25, 0.3) is 0 Å². The van der Waals surface area contributed by atoms with E-state index in [0.717, 1.165) is 25.6 Å². The van der Waals surface area contributed by atoms with E-state index in [1.54, 1.807) is 0 Å². The summed E-state index contributed by atoms with van der Waals surface area (Å²) in [6.07, 6.45) is 2.62. The highest BCUT2D eigenvalue weighted by Crippen LogP contribution is 2.16. The van der Waals surface area contributed by atoms with Gasteiger partial charge in [-0.25, -0.2) is 0 Å². The van der Waals surface area contributed by atoms with Crippen molar-refractivity contribution in [2.45, 2.75) is 25.8 Å². The van der Waals surface area contributed by atoms with Gasteiger partial charge in [0.05, 0.1) is 6.61 Å². The van der Waals surface area contributed by atoms with Gasteiger partial charge in [-0.05, 0) is 52.5 Å². The van der Waals surface area contributed by atoms with Gasteiger partial charge >= 0.3 is 0 Å². The van der Waals surface area contributed by atoms with Crippen LogP contribution in [-0.4, -0.2) is 74.4 Å². The normalized spacial score (nSPS) is 21.0. The molecule has 0 radical (unpaired) electrons.